The number of Topliss-reactive ketones (excluding diaryl/α,β-unsaturated/α-hetero) is 1. The summed E-state index contributed by atoms with van der Waals surface area (Å²) in [4.78, 5) is 12.5. The molecule has 1 saturated carbocycles. The Morgan fingerprint density at radius 1 is 1.07 bits per heavy atom. The Bertz CT molecular complexity index is 902. The Labute approximate surface area is 168 Å². The largest absolute Gasteiger partial charge is 0.511 e. The molecule has 1 aliphatic carbocycles. The summed E-state index contributed by atoms with van der Waals surface area (Å²) in [5.74, 6) is 0.985. The lowest BCUT2D eigenvalue weighted by Gasteiger charge is -2.34. The number of ketones is 1. The van der Waals surface area contributed by atoms with Crippen molar-refractivity contribution in [2.45, 2.75) is 52.9 Å². The van der Waals surface area contributed by atoms with Gasteiger partial charge in [-0.15, -0.1) is 0 Å². The summed E-state index contributed by atoms with van der Waals surface area (Å²) >= 11 is 0. The third kappa shape index (κ3) is 3.99. The predicted octanol–water partition coefficient (Wildman–Crippen LogP) is 6.50. The molecule has 0 aliphatic heterocycles. The molecule has 0 heterocycles. The molecule has 0 spiro atoms. The number of allylic oxidation sites excluding steroid dienone is 2. The minimum atomic E-state index is -0.307. The number of benzene rings is 2. The second-order valence-electron chi connectivity index (χ2n) is 8.16. The van der Waals surface area contributed by atoms with E-state index >= 15 is 0 Å². The zero-order valence-corrected chi connectivity index (χ0v) is 17.3. The van der Waals surface area contributed by atoms with Crippen molar-refractivity contribution in [3.05, 3.63) is 59.4 Å². The lowest BCUT2D eigenvalue weighted by molar-refractivity contribution is -0.112. The van der Waals surface area contributed by atoms with Crippen LogP contribution in [0.25, 0.3) is 16.7 Å². The van der Waals surface area contributed by atoms with E-state index in [0.29, 0.717) is 5.57 Å². The van der Waals surface area contributed by atoms with Gasteiger partial charge in [-0.2, -0.15) is 0 Å². The summed E-state index contributed by atoms with van der Waals surface area (Å²) in [7, 11) is 1.66. The molecule has 3 heteroatoms. The highest BCUT2D eigenvalue weighted by molar-refractivity contribution is 6.20. The van der Waals surface area contributed by atoms with Gasteiger partial charge in [0.15, 0.2) is 5.78 Å². The fourth-order valence-electron chi connectivity index (χ4n) is 4.31. The van der Waals surface area contributed by atoms with Gasteiger partial charge in [0.1, 0.15) is 11.5 Å². The van der Waals surface area contributed by atoms with E-state index in [1.54, 1.807) is 14.0 Å². The molecule has 0 atom stereocenters. The Morgan fingerprint density at radius 3 is 2.39 bits per heavy atom. The first-order valence-electron chi connectivity index (χ1n) is 10.1. The number of hydrogen-bond donors (Lipinski definition) is 1. The van der Waals surface area contributed by atoms with Gasteiger partial charge in [0.2, 0.25) is 0 Å². The SMILES string of the molecule is COc1cccc(-c2ccc(/C(C(C)=O)=C(\O)C3(C)CCCCC3)cc2C)c1. The molecule has 1 fully saturated rings. The molecule has 0 amide bonds. The summed E-state index contributed by atoms with van der Waals surface area (Å²) in [6, 6.07) is 13.9. The zero-order chi connectivity index (χ0) is 20.3. The van der Waals surface area contributed by atoms with Crippen LogP contribution in [0.15, 0.2) is 48.2 Å². The van der Waals surface area contributed by atoms with Crippen molar-refractivity contribution in [1.29, 1.82) is 0 Å². The number of aliphatic hydroxyl groups is 1. The monoisotopic (exact) mass is 378 g/mol. The van der Waals surface area contributed by atoms with Crippen molar-refractivity contribution in [1.82, 2.24) is 0 Å². The van der Waals surface area contributed by atoms with Gasteiger partial charge < -0.3 is 9.84 Å². The van der Waals surface area contributed by atoms with Gasteiger partial charge in [-0.3, -0.25) is 4.79 Å². The number of aryl methyl sites for hydroxylation is 1. The number of ether oxygens (including phenoxy) is 1. The molecular weight excluding hydrogens is 348 g/mol. The molecule has 3 nitrogen and oxygen atoms in total. The minimum absolute atomic E-state index is 0.0853. The first-order chi connectivity index (χ1) is 13.4. The Morgan fingerprint density at radius 2 is 1.79 bits per heavy atom. The van der Waals surface area contributed by atoms with Crippen LogP contribution in [0.1, 0.15) is 57.1 Å². The Kier molecular flexibility index (Phi) is 5.93. The van der Waals surface area contributed by atoms with E-state index in [2.05, 4.69) is 6.92 Å². The van der Waals surface area contributed by atoms with Gasteiger partial charge in [-0.25, -0.2) is 0 Å². The van der Waals surface area contributed by atoms with E-state index in [1.165, 1.54) is 6.42 Å². The van der Waals surface area contributed by atoms with Crippen LogP contribution in [0.4, 0.5) is 0 Å². The van der Waals surface area contributed by atoms with E-state index in [1.807, 2.05) is 49.4 Å². The number of methoxy groups -OCH3 is 1. The zero-order valence-electron chi connectivity index (χ0n) is 17.3. The highest BCUT2D eigenvalue weighted by Gasteiger charge is 2.34. The normalized spacial score (nSPS) is 17.0. The number of carbonyl (C=O) groups is 1. The summed E-state index contributed by atoms with van der Waals surface area (Å²) in [5, 5.41) is 11.1. The fraction of sp³-hybridized carbons (Fsp3) is 0.400. The molecule has 0 bridgehead atoms. The van der Waals surface area contributed by atoms with Gasteiger partial charge in [-0.05, 0) is 61.1 Å². The van der Waals surface area contributed by atoms with E-state index in [0.717, 1.165) is 53.7 Å². The first kappa shape index (κ1) is 20.2. The minimum Gasteiger partial charge on any atom is -0.511 e. The topological polar surface area (TPSA) is 46.5 Å². The standard InChI is InChI=1S/C25H30O3/c1-17-15-20(11-12-22(17)19-9-8-10-21(16-19)28-4)23(18(2)26)24(27)25(3)13-6-5-7-14-25/h8-12,15-16,27H,5-7,13-14H2,1-4H3/b24-23-. The third-order valence-corrected chi connectivity index (χ3v) is 6.01. The highest BCUT2D eigenvalue weighted by Crippen LogP contribution is 2.44. The van der Waals surface area contributed by atoms with Gasteiger partial charge in [0.25, 0.3) is 0 Å². The molecule has 2 aromatic carbocycles. The third-order valence-electron chi connectivity index (χ3n) is 6.01. The highest BCUT2D eigenvalue weighted by atomic mass is 16.5. The smallest absolute Gasteiger partial charge is 0.163 e. The molecular formula is C25H30O3. The Balaban J connectivity index is 2.05. The average Bonchev–Trinajstić information content (AvgIpc) is 2.68. The molecule has 148 valence electrons. The fourth-order valence-corrected chi connectivity index (χ4v) is 4.31. The molecule has 1 N–H and O–H groups in total. The van der Waals surface area contributed by atoms with E-state index in [9.17, 15) is 9.90 Å². The lowest BCUT2D eigenvalue weighted by atomic mass is 9.72. The molecule has 0 unspecified atom stereocenters. The van der Waals surface area contributed by atoms with E-state index in [4.69, 9.17) is 4.74 Å². The van der Waals surface area contributed by atoms with Crippen LogP contribution in [-0.4, -0.2) is 18.0 Å². The summed E-state index contributed by atoms with van der Waals surface area (Å²) < 4.78 is 5.33. The van der Waals surface area contributed by atoms with Gasteiger partial charge in [0, 0.05) is 5.41 Å². The van der Waals surface area contributed by atoms with Gasteiger partial charge >= 0.3 is 0 Å². The molecule has 28 heavy (non-hydrogen) atoms. The molecule has 0 radical (unpaired) electrons. The summed E-state index contributed by atoms with van der Waals surface area (Å²) in [6.45, 7) is 5.67. The molecule has 0 saturated heterocycles. The van der Waals surface area contributed by atoms with Crippen LogP contribution < -0.4 is 4.74 Å². The van der Waals surface area contributed by atoms with Gasteiger partial charge in [0.05, 0.1) is 12.7 Å². The maximum absolute atomic E-state index is 12.5. The van der Waals surface area contributed by atoms with Crippen LogP contribution in [-0.2, 0) is 4.79 Å². The predicted molar refractivity (Wildman–Crippen MR) is 115 cm³/mol. The number of carbonyl (C=O) groups excluding carboxylic acids is 1. The molecule has 1 aliphatic rings. The first-order valence-corrected chi connectivity index (χ1v) is 10.1. The number of hydrogen-bond acceptors (Lipinski definition) is 3. The molecule has 0 aromatic heterocycles. The van der Waals surface area contributed by atoms with Crippen LogP contribution in [0, 0.1) is 12.3 Å². The van der Waals surface area contributed by atoms with Crippen molar-refractivity contribution >= 4 is 11.4 Å². The van der Waals surface area contributed by atoms with Crippen molar-refractivity contribution in [3.63, 3.8) is 0 Å². The second kappa shape index (κ2) is 8.22. The maximum atomic E-state index is 12.5. The van der Waals surface area contributed by atoms with Gasteiger partial charge in [-0.1, -0.05) is 56.5 Å². The number of rotatable bonds is 5. The summed E-state index contributed by atoms with van der Waals surface area (Å²) in [5.41, 5.74) is 4.17. The number of aliphatic hydroxyl groups excluding tert-OH is 1. The van der Waals surface area contributed by atoms with Crippen LogP contribution >= 0.6 is 0 Å². The van der Waals surface area contributed by atoms with Crippen molar-refractivity contribution in [2.24, 2.45) is 5.41 Å². The van der Waals surface area contributed by atoms with Crippen molar-refractivity contribution < 1.29 is 14.6 Å². The Hall–Kier alpha value is -2.55. The summed E-state index contributed by atoms with van der Waals surface area (Å²) in [6.07, 6.45) is 5.25. The lowest BCUT2D eigenvalue weighted by Crippen LogP contribution is -2.25. The van der Waals surface area contributed by atoms with E-state index in [-0.39, 0.29) is 17.0 Å². The second-order valence-corrected chi connectivity index (χ2v) is 8.16. The average molecular weight is 379 g/mol. The van der Waals surface area contributed by atoms with Crippen LogP contribution in [0.3, 0.4) is 0 Å². The van der Waals surface area contributed by atoms with Crippen LogP contribution in [0.5, 0.6) is 5.75 Å². The van der Waals surface area contributed by atoms with Crippen molar-refractivity contribution in [2.75, 3.05) is 7.11 Å². The maximum Gasteiger partial charge on any atom is 0.163 e. The quantitative estimate of drug-likeness (QED) is 0.477. The molecule has 2 aromatic rings. The molecule has 3 rings (SSSR count). The van der Waals surface area contributed by atoms with Crippen molar-refractivity contribution in [3.8, 4) is 16.9 Å². The van der Waals surface area contributed by atoms with Crippen LogP contribution in [0.2, 0.25) is 0 Å². The van der Waals surface area contributed by atoms with E-state index < -0.39 is 0 Å².